The molecule has 1 amide bonds. The van der Waals surface area contributed by atoms with Crippen LogP contribution in [0.2, 0.25) is 0 Å². The van der Waals surface area contributed by atoms with Gasteiger partial charge in [0.05, 0.1) is 7.11 Å². The zero-order valence-corrected chi connectivity index (χ0v) is 14.7. The number of thioether (sulfide) groups is 1. The van der Waals surface area contributed by atoms with E-state index in [4.69, 9.17) is 4.74 Å². The molecule has 1 N–H and O–H groups in total. The first-order valence-corrected chi connectivity index (χ1v) is 8.77. The Morgan fingerprint density at radius 1 is 1.17 bits per heavy atom. The van der Waals surface area contributed by atoms with Crippen LogP contribution in [0, 0.1) is 6.92 Å². The SMILES string of the molecule is CCCNC(=O)c1ccc(OC)c(CSc2ccc(C)cc2)c1. The molecule has 0 heterocycles. The maximum Gasteiger partial charge on any atom is 0.251 e. The average Bonchev–Trinajstić information content (AvgIpc) is 2.58. The lowest BCUT2D eigenvalue weighted by Crippen LogP contribution is -2.24. The molecule has 4 heteroatoms. The molecule has 2 aromatic rings. The van der Waals surface area contributed by atoms with Gasteiger partial charge in [-0.15, -0.1) is 11.8 Å². The van der Waals surface area contributed by atoms with Crippen LogP contribution in [0.3, 0.4) is 0 Å². The third-order valence-electron chi connectivity index (χ3n) is 3.49. The van der Waals surface area contributed by atoms with Gasteiger partial charge in [-0.1, -0.05) is 24.6 Å². The van der Waals surface area contributed by atoms with Crippen molar-refractivity contribution in [3.63, 3.8) is 0 Å². The summed E-state index contributed by atoms with van der Waals surface area (Å²) in [6, 6.07) is 14.0. The van der Waals surface area contributed by atoms with Crippen LogP contribution in [0.5, 0.6) is 5.75 Å². The van der Waals surface area contributed by atoms with Crippen molar-refractivity contribution in [3.8, 4) is 5.75 Å². The van der Waals surface area contributed by atoms with Crippen LogP contribution in [0.15, 0.2) is 47.4 Å². The predicted molar refractivity (Wildman–Crippen MR) is 96.4 cm³/mol. The van der Waals surface area contributed by atoms with Gasteiger partial charge < -0.3 is 10.1 Å². The van der Waals surface area contributed by atoms with Crippen molar-refractivity contribution in [3.05, 3.63) is 59.2 Å². The first kappa shape index (κ1) is 17.4. The van der Waals surface area contributed by atoms with Gasteiger partial charge in [0, 0.05) is 28.3 Å². The molecular weight excluding hydrogens is 306 g/mol. The average molecular weight is 329 g/mol. The van der Waals surface area contributed by atoms with Crippen molar-refractivity contribution in [2.75, 3.05) is 13.7 Å². The lowest BCUT2D eigenvalue weighted by atomic mass is 10.1. The summed E-state index contributed by atoms with van der Waals surface area (Å²) in [4.78, 5) is 13.3. The molecule has 2 aromatic carbocycles. The monoisotopic (exact) mass is 329 g/mol. The molecule has 0 unspecified atom stereocenters. The number of nitrogens with one attached hydrogen (secondary N) is 1. The number of rotatable bonds is 7. The third-order valence-corrected chi connectivity index (χ3v) is 4.55. The smallest absolute Gasteiger partial charge is 0.251 e. The Kier molecular flexibility index (Phi) is 6.53. The molecule has 0 fully saturated rings. The third kappa shape index (κ3) is 5.03. The Morgan fingerprint density at radius 3 is 2.57 bits per heavy atom. The number of aryl methyl sites for hydroxylation is 1. The molecule has 23 heavy (non-hydrogen) atoms. The second-order valence-corrected chi connectivity index (χ2v) is 6.43. The highest BCUT2D eigenvalue weighted by Crippen LogP contribution is 2.29. The molecule has 0 saturated carbocycles. The van der Waals surface area contributed by atoms with E-state index in [-0.39, 0.29) is 5.91 Å². The second-order valence-electron chi connectivity index (χ2n) is 5.38. The summed E-state index contributed by atoms with van der Waals surface area (Å²) in [5.41, 5.74) is 2.96. The number of carbonyl (C=O) groups is 1. The summed E-state index contributed by atoms with van der Waals surface area (Å²) < 4.78 is 5.42. The van der Waals surface area contributed by atoms with E-state index in [1.54, 1.807) is 18.9 Å². The number of hydrogen-bond donors (Lipinski definition) is 1. The molecule has 0 atom stereocenters. The first-order valence-electron chi connectivity index (χ1n) is 7.78. The predicted octanol–water partition coefficient (Wildman–Crippen LogP) is 4.44. The normalized spacial score (nSPS) is 10.4. The van der Waals surface area contributed by atoms with Gasteiger partial charge in [0.2, 0.25) is 0 Å². The molecule has 3 nitrogen and oxygen atoms in total. The lowest BCUT2D eigenvalue weighted by molar-refractivity contribution is 0.0953. The fourth-order valence-electron chi connectivity index (χ4n) is 2.17. The van der Waals surface area contributed by atoms with E-state index in [0.29, 0.717) is 12.1 Å². The molecule has 122 valence electrons. The number of amides is 1. The summed E-state index contributed by atoms with van der Waals surface area (Å²) in [6.45, 7) is 4.81. The molecule has 0 aliphatic heterocycles. The van der Waals surface area contributed by atoms with Crippen LogP contribution in [-0.4, -0.2) is 19.6 Å². The summed E-state index contributed by atoms with van der Waals surface area (Å²) in [6.07, 6.45) is 0.929. The molecule has 0 bridgehead atoms. The van der Waals surface area contributed by atoms with Crippen LogP contribution >= 0.6 is 11.8 Å². The fourth-order valence-corrected chi connectivity index (χ4v) is 3.05. The minimum Gasteiger partial charge on any atom is -0.496 e. The van der Waals surface area contributed by atoms with E-state index in [2.05, 4.69) is 36.5 Å². The Labute approximate surface area is 142 Å². The summed E-state index contributed by atoms with van der Waals surface area (Å²) in [5.74, 6) is 1.55. The number of hydrogen-bond acceptors (Lipinski definition) is 3. The first-order chi connectivity index (χ1) is 11.1. The summed E-state index contributed by atoms with van der Waals surface area (Å²) >= 11 is 1.74. The van der Waals surface area contributed by atoms with Gasteiger partial charge in [-0.25, -0.2) is 0 Å². The minimum atomic E-state index is -0.0314. The quantitative estimate of drug-likeness (QED) is 0.763. The number of methoxy groups -OCH3 is 1. The van der Waals surface area contributed by atoms with E-state index in [1.165, 1.54) is 10.5 Å². The van der Waals surface area contributed by atoms with Gasteiger partial charge in [0.25, 0.3) is 5.91 Å². The van der Waals surface area contributed by atoms with Gasteiger partial charge in [0.1, 0.15) is 5.75 Å². The van der Waals surface area contributed by atoms with E-state index >= 15 is 0 Å². The van der Waals surface area contributed by atoms with Crippen molar-refractivity contribution < 1.29 is 9.53 Å². The minimum absolute atomic E-state index is 0.0314. The number of ether oxygens (including phenoxy) is 1. The lowest BCUT2D eigenvalue weighted by Gasteiger charge is -2.11. The van der Waals surface area contributed by atoms with Gasteiger partial charge in [0.15, 0.2) is 0 Å². The zero-order chi connectivity index (χ0) is 16.7. The van der Waals surface area contributed by atoms with Crippen LogP contribution < -0.4 is 10.1 Å². The summed E-state index contributed by atoms with van der Waals surface area (Å²) in [7, 11) is 1.66. The van der Waals surface area contributed by atoms with Crippen molar-refractivity contribution in [1.29, 1.82) is 0 Å². The van der Waals surface area contributed by atoms with Crippen LogP contribution in [-0.2, 0) is 5.75 Å². The van der Waals surface area contributed by atoms with Crippen LogP contribution in [0.25, 0.3) is 0 Å². The Morgan fingerprint density at radius 2 is 1.91 bits per heavy atom. The number of benzene rings is 2. The van der Waals surface area contributed by atoms with Crippen LogP contribution in [0.4, 0.5) is 0 Å². The standard InChI is InChI=1S/C19H23NO2S/c1-4-11-20-19(21)15-7-10-18(22-3)16(12-15)13-23-17-8-5-14(2)6-9-17/h5-10,12H,4,11,13H2,1-3H3,(H,20,21). The van der Waals surface area contributed by atoms with Crippen LogP contribution in [0.1, 0.15) is 34.8 Å². The van der Waals surface area contributed by atoms with Crippen molar-refractivity contribution >= 4 is 17.7 Å². The van der Waals surface area contributed by atoms with Crippen molar-refractivity contribution in [2.45, 2.75) is 30.9 Å². The number of carbonyl (C=O) groups excluding carboxylic acids is 1. The topological polar surface area (TPSA) is 38.3 Å². The van der Waals surface area contributed by atoms with E-state index in [1.807, 2.05) is 25.1 Å². The Balaban J connectivity index is 2.12. The molecule has 0 spiro atoms. The molecular formula is C19H23NO2S. The van der Waals surface area contributed by atoms with Gasteiger partial charge >= 0.3 is 0 Å². The zero-order valence-electron chi connectivity index (χ0n) is 13.9. The highest BCUT2D eigenvalue weighted by Gasteiger charge is 2.10. The van der Waals surface area contributed by atoms with Gasteiger partial charge in [-0.2, -0.15) is 0 Å². The largest absolute Gasteiger partial charge is 0.496 e. The van der Waals surface area contributed by atoms with Gasteiger partial charge in [-0.05, 0) is 43.7 Å². The highest BCUT2D eigenvalue weighted by molar-refractivity contribution is 7.98. The van der Waals surface area contributed by atoms with Crippen molar-refractivity contribution in [2.24, 2.45) is 0 Å². The second kappa shape index (κ2) is 8.63. The molecule has 0 saturated heterocycles. The molecule has 0 aliphatic carbocycles. The fraction of sp³-hybridized carbons (Fsp3) is 0.316. The highest BCUT2D eigenvalue weighted by atomic mass is 32.2. The molecule has 0 aliphatic rings. The van der Waals surface area contributed by atoms with Gasteiger partial charge in [-0.3, -0.25) is 4.79 Å². The van der Waals surface area contributed by atoms with E-state index < -0.39 is 0 Å². The Hall–Kier alpha value is -1.94. The maximum absolute atomic E-state index is 12.1. The van der Waals surface area contributed by atoms with E-state index in [9.17, 15) is 4.79 Å². The van der Waals surface area contributed by atoms with Crippen molar-refractivity contribution in [1.82, 2.24) is 5.32 Å². The molecule has 0 radical (unpaired) electrons. The molecule has 0 aromatic heterocycles. The Bertz CT molecular complexity index is 653. The molecule has 2 rings (SSSR count). The maximum atomic E-state index is 12.1. The summed E-state index contributed by atoms with van der Waals surface area (Å²) in [5, 5.41) is 2.91. The van der Waals surface area contributed by atoms with E-state index in [0.717, 1.165) is 23.5 Å².